The van der Waals surface area contributed by atoms with Gasteiger partial charge in [-0.25, -0.2) is 4.68 Å². The molecule has 1 aliphatic heterocycles. The third-order valence-electron chi connectivity index (χ3n) is 3.54. The first-order chi connectivity index (χ1) is 10.2. The molecule has 6 heteroatoms. The van der Waals surface area contributed by atoms with Gasteiger partial charge < -0.3 is 10.1 Å². The van der Waals surface area contributed by atoms with Gasteiger partial charge in [0.2, 0.25) is 0 Å². The van der Waals surface area contributed by atoms with Crippen molar-refractivity contribution >= 4 is 21.6 Å². The minimum Gasteiger partial charge on any atom is -0.496 e. The molecular weight excluding hydrogens is 334 g/mol. The summed E-state index contributed by atoms with van der Waals surface area (Å²) in [5.74, 6) is 0.753. The van der Waals surface area contributed by atoms with Gasteiger partial charge in [-0.15, -0.1) is 0 Å². The number of methoxy groups -OCH3 is 1. The van der Waals surface area contributed by atoms with Crippen LogP contribution in [0.25, 0.3) is 0 Å². The molecule has 5 nitrogen and oxygen atoms in total. The average Bonchev–Trinajstić information content (AvgIpc) is 2.48. The fourth-order valence-corrected chi connectivity index (χ4v) is 2.90. The molecule has 110 valence electrons. The number of rotatable bonds is 3. The molecule has 0 bridgehead atoms. The Kier molecular flexibility index (Phi) is 3.96. The quantitative estimate of drug-likeness (QED) is 0.924. The van der Waals surface area contributed by atoms with Crippen LogP contribution in [0.4, 0.5) is 5.69 Å². The second kappa shape index (κ2) is 5.89. The van der Waals surface area contributed by atoms with Crippen LogP contribution in [0, 0.1) is 0 Å². The molecule has 0 unspecified atom stereocenters. The first kappa shape index (κ1) is 14.1. The Balaban J connectivity index is 1.98. The van der Waals surface area contributed by atoms with E-state index in [4.69, 9.17) is 4.74 Å². The summed E-state index contributed by atoms with van der Waals surface area (Å²) in [5.41, 5.74) is 2.63. The zero-order chi connectivity index (χ0) is 14.8. The van der Waals surface area contributed by atoms with Gasteiger partial charge >= 0.3 is 0 Å². The number of aryl methyl sites for hydroxylation is 1. The van der Waals surface area contributed by atoms with Crippen molar-refractivity contribution in [2.45, 2.75) is 19.4 Å². The number of nitrogens with zero attached hydrogens (tertiary/aromatic N) is 2. The van der Waals surface area contributed by atoms with Gasteiger partial charge in [0.25, 0.3) is 5.56 Å². The van der Waals surface area contributed by atoms with Gasteiger partial charge in [0.1, 0.15) is 5.75 Å². The van der Waals surface area contributed by atoms with Crippen molar-refractivity contribution < 1.29 is 4.74 Å². The van der Waals surface area contributed by atoms with Crippen molar-refractivity contribution in [2.24, 2.45) is 0 Å². The SMILES string of the molecule is COc1ccc(Br)cc1Cn1nc2c(cc1=O)NCCC2. The molecule has 0 saturated heterocycles. The van der Waals surface area contributed by atoms with E-state index in [-0.39, 0.29) is 5.56 Å². The Morgan fingerprint density at radius 2 is 2.29 bits per heavy atom. The van der Waals surface area contributed by atoms with Crippen molar-refractivity contribution in [1.82, 2.24) is 9.78 Å². The summed E-state index contributed by atoms with van der Waals surface area (Å²) in [4.78, 5) is 12.2. The van der Waals surface area contributed by atoms with Gasteiger partial charge in [0.15, 0.2) is 0 Å². The topological polar surface area (TPSA) is 56.2 Å². The lowest BCUT2D eigenvalue weighted by atomic mass is 10.1. The maximum Gasteiger partial charge on any atom is 0.269 e. The summed E-state index contributed by atoms with van der Waals surface area (Å²) in [5, 5.41) is 7.70. The number of hydrogen-bond donors (Lipinski definition) is 1. The van der Waals surface area contributed by atoms with E-state index in [1.807, 2.05) is 18.2 Å². The summed E-state index contributed by atoms with van der Waals surface area (Å²) >= 11 is 3.44. The van der Waals surface area contributed by atoms with Crippen molar-refractivity contribution in [3.05, 3.63) is 50.3 Å². The fraction of sp³-hybridized carbons (Fsp3) is 0.333. The first-order valence-corrected chi connectivity index (χ1v) is 7.64. The van der Waals surface area contributed by atoms with E-state index in [9.17, 15) is 4.79 Å². The lowest BCUT2D eigenvalue weighted by molar-refractivity contribution is 0.406. The van der Waals surface area contributed by atoms with Crippen LogP contribution < -0.4 is 15.6 Å². The molecule has 0 saturated carbocycles. The largest absolute Gasteiger partial charge is 0.496 e. The minimum atomic E-state index is -0.106. The highest BCUT2D eigenvalue weighted by Crippen LogP contribution is 2.24. The summed E-state index contributed by atoms with van der Waals surface area (Å²) in [6.45, 7) is 1.30. The molecule has 0 spiro atoms. The molecule has 1 aromatic carbocycles. The molecular formula is C15H16BrN3O2. The molecule has 1 aromatic heterocycles. The standard InChI is InChI=1S/C15H16BrN3O2/c1-21-14-5-4-11(16)7-10(14)9-19-15(20)8-13-12(18-19)3-2-6-17-13/h4-5,7-8,17H,2-3,6,9H2,1H3. The molecule has 0 atom stereocenters. The maximum atomic E-state index is 12.2. The van der Waals surface area contributed by atoms with E-state index in [1.165, 1.54) is 4.68 Å². The van der Waals surface area contributed by atoms with Crippen LogP contribution in [0.15, 0.2) is 33.5 Å². The number of fused-ring (bicyclic) bond motifs is 1. The Labute approximate surface area is 131 Å². The van der Waals surface area contributed by atoms with Crippen LogP contribution in [0.3, 0.4) is 0 Å². The smallest absolute Gasteiger partial charge is 0.269 e. The number of nitrogens with one attached hydrogen (secondary N) is 1. The van der Waals surface area contributed by atoms with E-state index in [1.54, 1.807) is 13.2 Å². The van der Waals surface area contributed by atoms with E-state index >= 15 is 0 Å². The fourth-order valence-electron chi connectivity index (χ4n) is 2.49. The van der Waals surface area contributed by atoms with E-state index in [2.05, 4.69) is 26.3 Å². The second-order valence-corrected chi connectivity index (χ2v) is 5.90. The van der Waals surface area contributed by atoms with E-state index in [0.29, 0.717) is 6.54 Å². The summed E-state index contributed by atoms with van der Waals surface area (Å²) in [6.07, 6.45) is 1.94. The van der Waals surface area contributed by atoms with E-state index < -0.39 is 0 Å². The number of hydrogen-bond acceptors (Lipinski definition) is 4. The Bertz CT molecular complexity index is 727. The normalized spacial score (nSPS) is 13.4. The molecule has 0 aliphatic carbocycles. The minimum absolute atomic E-state index is 0.106. The summed E-state index contributed by atoms with van der Waals surface area (Å²) in [6, 6.07) is 7.37. The van der Waals surface area contributed by atoms with Crippen molar-refractivity contribution in [3.63, 3.8) is 0 Å². The van der Waals surface area contributed by atoms with E-state index in [0.717, 1.165) is 46.6 Å². The lowest BCUT2D eigenvalue weighted by Gasteiger charge is -2.18. The predicted octanol–water partition coefficient (Wildman–Crippen LogP) is 2.42. The Morgan fingerprint density at radius 1 is 1.43 bits per heavy atom. The van der Waals surface area contributed by atoms with Crippen LogP contribution in [-0.4, -0.2) is 23.4 Å². The summed E-state index contributed by atoms with van der Waals surface area (Å²) < 4.78 is 7.79. The third kappa shape index (κ3) is 2.95. The molecule has 1 aliphatic rings. The highest BCUT2D eigenvalue weighted by Gasteiger charge is 2.14. The van der Waals surface area contributed by atoms with Crippen LogP contribution in [0.2, 0.25) is 0 Å². The maximum absolute atomic E-state index is 12.2. The zero-order valence-electron chi connectivity index (χ0n) is 11.7. The molecule has 0 radical (unpaired) electrons. The van der Waals surface area contributed by atoms with Gasteiger partial charge in [-0.1, -0.05) is 15.9 Å². The molecule has 2 aromatic rings. The molecule has 3 rings (SSSR count). The van der Waals surface area contributed by atoms with Gasteiger partial charge in [0.05, 0.1) is 25.0 Å². The van der Waals surface area contributed by atoms with Gasteiger partial charge in [-0.05, 0) is 31.0 Å². The van der Waals surface area contributed by atoms with Crippen LogP contribution in [0.1, 0.15) is 17.7 Å². The zero-order valence-corrected chi connectivity index (χ0v) is 13.3. The number of ether oxygens (including phenoxy) is 1. The van der Waals surface area contributed by atoms with Crippen molar-refractivity contribution in [2.75, 3.05) is 19.0 Å². The van der Waals surface area contributed by atoms with Crippen molar-refractivity contribution in [3.8, 4) is 5.75 Å². The highest BCUT2D eigenvalue weighted by molar-refractivity contribution is 9.10. The van der Waals surface area contributed by atoms with Crippen LogP contribution in [0.5, 0.6) is 5.75 Å². The molecule has 1 N–H and O–H groups in total. The van der Waals surface area contributed by atoms with Crippen LogP contribution in [-0.2, 0) is 13.0 Å². The third-order valence-corrected chi connectivity index (χ3v) is 4.04. The van der Waals surface area contributed by atoms with Gasteiger partial charge in [-0.2, -0.15) is 5.10 Å². The summed E-state index contributed by atoms with van der Waals surface area (Å²) in [7, 11) is 1.62. The van der Waals surface area contributed by atoms with Crippen molar-refractivity contribution in [1.29, 1.82) is 0 Å². The average molecular weight is 350 g/mol. The van der Waals surface area contributed by atoms with Crippen LogP contribution >= 0.6 is 15.9 Å². The Hall–Kier alpha value is -1.82. The molecule has 0 amide bonds. The molecule has 0 fully saturated rings. The lowest BCUT2D eigenvalue weighted by Crippen LogP contribution is -2.27. The predicted molar refractivity (Wildman–Crippen MR) is 85.1 cm³/mol. The van der Waals surface area contributed by atoms with Gasteiger partial charge in [0, 0.05) is 22.6 Å². The van der Waals surface area contributed by atoms with Gasteiger partial charge in [-0.3, -0.25) is 4.79 Å². The second-order valence-electron chi connectivity index (χ2n) is 4.99. The Morgan fingerprint density at radius 3 is 3.10 bits per heavy atom. The highest BCUT2D eigenvalue weighted by atomic mass is 79.9. The molecule has 21 heavy (non-hydrogen) atoms. The monoisotopic (exact) mass is 349 g/mol. The molecule has 2 heterocycles. The number of aromatic nitrogens is 2. The number of anilines is 1. The first-order valence-electron chi connectivity index (χ1n) is 6.84. The number of benzene rings is 1. The number of halogens is 1.